The molecule has 2 N–H and O–H groups in total. The smallest absolute Gasteiger partial charge is 0.306 e. The number of carbonyl (C=O) groups excluding carboxylic acids is 5. The van der Waals surface area contributed by atoms with E-state index in [0.29, 0.717) is 5.75 Å². The van der Waals surface area contributed by atoms with Crippen LogP contribution in [0.4, 0.5) is 5.69 Å². The number of carbonyl (C=O) groups is 5. The summed E-state index contributed by atoms with van der Waals surface area (Å²) in [5.41, 5.74) is 4.84. The molecule has 1 aromatic rings. The minimum Gasteiger partial charge on any atom is -0.482 e. The average Bonchev–Trinajstić information content (AvgIpc) is 2.66. The highest BCUT2D eigenvalue weighted by molar-refractivity contribution is 6.04. The zero-order chi connectivity index (χ0) is 20.7. The van der Waals surface area contributed by atoms with E-state index in [0.717, 1.165) is 4.90 Å². The van der Waals surface area contributed by atoms with Crippen LogP contribution in [-0.4, -0.2) is 49.2 Å². The predicted molar refractivity (Wildman–Crippen MR) is 96.4 cm³/mol. The highest BCUT2D eigenvalue weighted by Crippen LogP contribution is 2.33. The lowest BCUT2D eigenvalue weighted by atomic mass is 10.0. The van der Waals surface area contributed by atoms with Gasteiger partial charge in [0, 0.05) is 18.9 Å². The number of anilines is 1. The monoisotopic (exact) mass is 391 g/mol. The second-order valence-corrected chi connectivity index (χ2v) is 5.91. The zero-order valence-corrected chi connectivity index (χ0v) is 15.6. The molecule has 2 rings (SSSR count). The summed E-state index contributed by atoms with van der Waals surface area (Å²) in [7, 11) is 0. The molecule has 0 spiro atoms. The fourth-order valence-electron chi connectivity index (χ4n) is 2.48. The van der Waals surface area contributed by atoms with Crippen molar-refractivity contribution in [2.45, 2.75) is 26.7 Å². The van der Waals surface area contributed by atoms with Gasteiger partial charge in [-0.05, 0) is 25.1 Å². The van der Waals surface area contributed by atoms with E-state index < -0.39 is 23.7 Å². The van der Waals surface area contributed by atoms with Gasteiger partial charge in [0.1, 0.15) is 12.3 Å². The number of nitrogens with one attached hydrogen (secondary N) is 2. The third-order valence-corrected chi connectivity index (χ3v) is 3.77. The van der Waals surface area contributed by atoms with Crippen LogP contribution in [0.1, 0.15) is 37.0 Å². The van der Waals surface area contributed by atoms with Gasteiger partial charge in [0.2, 0.25) is 5.91 Å². The van der Waals surface area contributed by atoms with Crippen molar-refractivity contribution >= 4 is 35.2 Å². The van der Waals surface area contributed by atoms with Crippen molar-refractivity contribution in [1.29, 1.82) is 0 Å². The van der Waals surface area contributed by atoms with Crippen LogP contribution in [0, 0.1) is 0 Å². The standard InChI is InChI=1S/C18H21N3O7/c1-3-27-18(26)7-5-14(23)12-4-6-15-13(8-12)21(17(25)10-28-15)9-16(24)20-19-11(2)22/h4,6,8H,3,5,7,9-10H2,1-2H3,(H,19,22)(H,20,24). The van der Waals surface area contributed by atoms with Crippen molar-refractivity contribution in [2.24, 2.45) is 0 Å². The maximum absolute atomic E-state index is 12.3. The lowest BCUT2D eigenvalue weighted by Crippen LogP contribution is -2.49. The maximum atomic E-state index is 12.3. The highest BCUT2D eigenvalue weighted by atomic mass is 16.5. The van der Waals surface area contributed by atoms with Gasteiger partial charge < -0.3 is 9.47 Å². The van der Waals surface area contributed by atoms with Crippen molar-refractivity contribution in [3.63, 3.8) is 0 Å². The lowest BCUT2D eigenvalue weighted by molar-refractivity contribution is -0.143. The van der Waals surface area contributed by atoms with Crippen LogP contribution in [-0.2, 0) is 23.9 Å². The summed E-state index contributed by atoms with van der Waals surface area (Å²) < 4.78 is 10.1. The molecule has 0 saturated carbocycles. The molecule has 28 heavy (non-hydrogen) atoms. The molecule has 1 aromatic carbocycles. The van der Waals surface area contributed by atoms with Crippen LogP contribution in [0.2, 0.25) is 0 Å². The minimum atomic E-state index is -0.615. The third kappa shape index (κ3) is 5.53. The molecule has 1 aliphatic heterocycles. The van der Waals surface area contributed by atoms with Crippen LogP contribution in [0.3, 0.4) is 0 Å². The van der Waals surface area contributed by atoms with Gasteiger partial charge in [-0.1, -0.05) is 0 Å². The van der Waals surface area contributed by atoms with E-state index in [-0.39, 0.29) is 49.6 Å². The first-order valence-corrected chi connectivity index (χ1v) is 8.63. The number of hydrogen-bond acceptors (Lipinski definition) is 7. The molecule has 0 bridgehead atoms. The van der Waals surface area contributed by atoms with E-state index >= 15 is 0 Å². The molecule has 0 fully saturated rings. The van der Waals surface area contributed by atoms with Gasteiger partial charge in [0.05, 0.1) is 18.7 Å². The Bertz CT molecular complexity index is 806. The van der Waals surface area contributed by atoms with E-state index in [1.165, 1.54) is 25.1 Å². The molecular weight excluding hydrogens is 370 g/mol. The van der Waals surface area contributed by atoms with Crippen molar-refractivity contribution in [3.8, 4) is 5.75 Å². The van der Waals surface area contributed by atoms with E-state index in [2.05, 4.69) is 10.9 Å². The quantitative estimate of drug-likeness (QED) is 0.383. The van der Waals surface area contributed by atoms with Gasteiger partial charge in [-0.2, -0.15) is 0 Å². The van der Waals surface area contributed by atoms with Crippen molar-refractivity contribution < 1.29 is 33.4 Å². The largest absolute Gasteiger partial charge is 0.482 e. The van der Waals surface area contributed by atoms with Gasteiger partial charge >= 0.3 is 5.97 Å². The van der Waals surface area contributed by atoms with E-state index in [9.17, 15) is 24.0 Å². The number of hydrazine groups is 1. The number of ketones is 1. The molecule has 10 nitrogen and oxygen atoms in total. The fraction of sp³-hybridized carbons (Fsp3) is 0.389. The Morgan fingerprint density at radius 3 is 2.61 bits per heavy atom. The number of fused-ring (bicyclic) bond motifs is 1. The number of nitrogens with zero attached hydrogens (tertiary/aromatic N) is 1. The van der Waals surface area contributed by atoms with Crippen LogP contribution < -0.4 is 20.5 Å². The first kappa shape index (κ1) is 20.9. The summed E-state index contributed by atoms with van der Waals surface area (Å²) in [5, 5.41) is 0. The number of rotatable bonds is 7. The third-order valence-electron chi connectivity index (χ3n) is 3.77. The van der Waals surface area contributed by atoms with Gasteiger partial charge in [-0.3, -0.25) is 39.7 Å². The number of Topliss-reactive ketones (excluding diaryl/α,β-unsaturated/α-hetero) is 1. The molecule has 0 aromatic heterocycles. The predicted octanol–water partition coefficient (Wildman–Crippen LogP) is 0.105. The molecule has 1 heterocycles. The van der Waals surface area contributed by atoms with Gasteiger partial charge in [-0.15, -0.1) is 0 Å². The Morgan fingerprint density at radius 2 is 1.93 bits per heavy atom. The first-order valence-electron chi connectivity index (χ1n) is 8.63. The van der Waals surface area contributed by atoms with Crippen molar-refractivity contribution in [3.05, 3.63) is 23.8 Å². The summed E-state index contributed by atoms with van der Waals surface area (Å²) in [5.74, 6) is -1.98. The van der Waals surface area contributed by atoms with Gasteiger partial charge in [0.15, 0.2) is 12.4 Å². The topological polar surface area (TPSA) is 131 Å². The Labute approximate surface area is 161 Å². The Hall–Kier alpha value is -3.43. The van der Waals surface area contributed by atoms with E-state index in [4.69, 9.17) is 9.47 Å². The number of ether oxygens (including phenoxy) is 2. The minimum absolute atomic E-state index is 0.0462. The zero-order valence-electron chi connectivity index (χ0n) is 15.6. The Morgan fingerprint density at radius 1 is 1.18 bits per heavy atom. The first-order chi connectivity index (χ1) is 13.3. The summed E-state index contributed by atoms with van der Waals surface area (Å²) in [6, 6.07) is 4.49. The van der Waals surface area contributed by atoms with Gasteiger partial charge in [-0.25, -0.2) is 0 Å². The average molecular weight is 391 g/mol. The maximum Gasteiger partial charge on any atom is 0.306 e. The molecule has 0 saturated heterocycles. The van der Waals surface area contributed by atoms with Crippen molar-refractivity contribution in [1.82, 2.24) is 10.9 Å². The number of amides is 3. The van der Waals surface area contributed by atoms with Crippen LogP contribution in [0.15, 0.2) is 18.2 Å². The SMILES string of the molecule is CCOC(=O)CCC(=O)c1ccc2c(c1)N(CC(=O)NNC(C)=O)C(=O)CO2. The van der Waals surface area contributed by atoms with Crippen molar-refractivity contribution in [2.75, 3.05) is 24.7 Å². The van der Waals surface area contributed by atoms with Crippen LogP contribution in [0.5, 0.6) is 5.75 Å². The molecule has 0 radical (unpaired) electrons. The Balaban J connectivity index is 2.13. The molecule has 0 unspecified atom stereocenters. The van der Waals surface area contributed by atoms with Crippen LogP contribution >= 0.6 is 0 Å². The molecule has 0 aliphatic carbocycles. The molecule has 150 valence electrons. The fourth-order valence-corrected chi connectivity index (χ4v) is 2.48. The number of hydrogen-bond donors (Lipinski definition) is 2. The second kappa shape index (κ2) is 9.49. The van der Waals surface area contributed by atoms with E-state index in [1.807, 2.05) is 0 Å². The normalized spacial score (nSPS) is 12.5. The number of esters is 1. The second-order valence-electron chi connectivity index (χ2n) is 5.91. The molecule has 1 aliphatic rings. The Kier molecular flexibility index (Phi) is 7.08. The van der Waals surface area contributed by atoms with Crippen LogP contribution in [0.25, 0.3) is 0 Å². The molecule has 10 heteroatoms. The summed E-state index contributed by atoms with van der Waals surface area (Å²) in [4.78, 5) is 59.9. The molecular formula is C18H21N3O7. The lowest BCUT2D eigenvalue weighted by Gasteiger charge is -2.29. The molecule has 0 atom stereocenters. The molecule has 3 amide bonds. The van der Waals surface area contributed by atoms with Gasteiger partial charge in [0.25, 0.3) is 11.8 Å². The summed E-state index contributed by atoms with van der Waals surface area (Å²) >= 11 is 0. The summed E-state index contributed by atoms with van der Waals surface area (Å²) in [6.07, 6.45) is -0.0997. The highest BCUT2D eigenvalue weighted by Gasteiger charge is 2.28. The number of benzene rings is 1. The summed E-state index contributed by atoms with van der Waals surface area (Å²) in [6.45, 7) is 2.52. The van der Waals surface area contributed by atoms with E-state index in [1.54, 1.807) is 6.92 Å².